The number of hydrogen-bond acceptors (Lipinski definition) is 10. The number of nitrogens with zero attached hydrogens (tertiary/aromatic N) is 2. The highest BCUT2D eigenvalue weighted by Crippen LogP contribution is 2.48. The molecule has 1 saturated heterocycles. The van der Waals surface area contributed by atoms with Crippen molar-refractivity contribution in [3.63, 3.8) is 0 Å². The van der Waals surface area contributed by atoms with Gasteiger partial charge in [0, 0.05) is 6.20 Å². The van der Waals surface area contributed by atoms with E-state index in [0.29, 0.717) is 0 Å². The molecular weight excluding hydrogens is 497 g/mol. The summed E-state index contributed by atoms with van der Waals surface area (Å²) in [7, 11) is -3.17. The minimum absolute atomic E-state index is 0.0327. The second kappa shape index (κ2) is 10.8. The minimum atomic E-state index is -4.30. The zero-order valence-electron chi connectivity index (χ0n) is 18.0. The summed E-state index contributed by atoms with van der Waals surface area (Å²) in [5.41, 5.74) is 4.66. The summed E-state index contributed by atoms with van der Waals surface area (Å²) in [5.74, 6) is -1.39. The minimum Gasteiger partial charge on any atom is -0.468 e. The molecule has 186 valence electrons. The number of aliphatic hydroxyl groups excluding tert-OH is 1. The van der Waals surface area contributed by atoms with E-state index in [0.717, 1.165) is 35.6 Å². The number of carbonyl (C=O) groups is 1. The predicted molar refractivity (Wildman–Crippen MR) is 119 cm³/mol. The Balaban J connectivity index is 1.76. The molecule has 6 atom stereocenters. The molecule has 34 heavy (non-hydrogen) atoms. The maximum atomic E-state index is 14.8. The number of anilines is 1. The number of hydrogen-bond donors (Lipinski definition) is 3. The molecule has 1 aromatic carbocycles. The SMILES string of the molecule is COC(=O)C(C)NP(=O)(OC[C@H]1S[C@@H](n2ccc(N)nc2=O)[C@@H](F)[C@@H]1O)Oc1ccc(F)cc1. The van der Waals surface area contributed by atoms with Crippen LogP contribution in [0.25, 0.3) is 0 Å². The average Bonchev–Trinajstić information content (AvgIpc) is 3.07. The van der Waals surface area contributed by atoms with Gasteiger partial charge in [0.05, 0.1) is 19.0 Å². The molecule has 0 saturated carbocycles. The highest BCUT2D eigenvalue weighted by Gasteiger charge is 2.46. The van der Waals surface area contributed by atoms with Crippen molar-refractivity contribution in [2.45, 2.75) is 35.9 Å². The average molecular weight is 520 g/mol. The number of aromatic nitrogens is 2. The first-order chi connectivity index (χ1) is 16.0. The second-order valence-corrected chi connectivity index (χ2v) is 10.3. The third kappa shape index (κ3) is 6.13. The Labute approximate surface area is 197 Å². The van der Waals surface area contributed by atoms with Gasteiger partial charge >= 0.3 is 19.4 Å². The molecule has 0 spiro atoms. The summed E-state index contributed by atoms with van der Waals surface area (Å²) in [6, 6.07) is 4.71. The molecular formula is C19H23F2N4O7PS. The van der Waals surface area contributed by atoms with Gasteiger partial charge in [-0.1, -0.05) is 0 Å². The van der Waals surface area contributed by atoms with Gasteiger partial charge in [-0.15, -0.1) is 11.8 Å². The van der Waals surface area contributed by atoms with E-state index in [1.165, 1.54) is 31.3 Å². The summed E-state index contributed by atoms with van der Waals surface area (Å²) in [5, 5.41) is 10.6. The van der Waals surface area contributed by atoms with Gasteiger partial charge in [0.15, 0.2) is 6.17 Å². The number of nitrogens with two attached hydrogens (primary N) is 1. The lowest BCUT2D eigenvalue weighted by molar-refractivity contribution is -0.142. The molecule has 1 aliphatic heterocycles. The fourth-order valence-electron chi connectivity index (χ4n) is 3.05. The molecule has 0 amide bonds. The largest absolute Gasteiger partial charge is 0.468 e. The first-order valence-electron chi connectivity index (χ1n) is 9.90. The van der Waals surface area contributed by atoms with E-state index in [-0.39, 0.29) is 11.6 Å². The molecule has 3 rings (SSSR count). The molecule has 1 aliphatic rings. The third-order valence-electron chi connectivity index (χ3n) is 4.77. The standard InChI is InChI=1S/C19H23F2N4O7PS/c1-10(18(27)30-2)24-33(29,32-12-5-3-11(20)4-6-12)31-9-13-16(26)15(21)17(34-13)25-8-7-14(22)23-19(25)28/h3-8,10,13,15-17,26H,9H2,1-2H3,(H,24,29)(H2,22,23,28)/t10?,13-,15+,16-,17-,33?/m1/s1. The van der Waals surface area contributed by atoms with Gasteiger partial charge in [0.2, 0.25) is 0 Å². The third-order valence-corrected chi connectivity index (χ3v) is 7.95. The summed E-state index contributed by atoms with van der Waals surface area (Å²) >= 11 is 0.865. The van der Waals surface area contributed by atoms with Crippen molar-refractivity contribution in [2.24, 2.45) is 0 Å². The van der Waals surface area contributed by atoms with Crippen LogP contribution < -0.4 is 21.0 Å². The van der Waals surface area contributed by atoms with Crippen LogP contribution in [0.3, 0.4) is 0 Å². The fraction of sp³-hybridized carbons (Fsp3) is 0.421. The van der Waals surface area contributed by atoms with Crippen molar-refractivity contribution < 1.29 is 37.0 Å². The zero-order valence-corrected chi connectivity index (χ0v) is 19.7. The lowest BCUT2D eigenvalue weighted by Gasteiger charge is -2.24. The van der Waals surface area contributed by atoms with Gasteiger partial charge < -0.3 is 20.1 Å². The normalized spacial score (nSPS) is 24.9. The zero-order chi connectivity index (χ0) is 25.0. The van der Waals surface area contributed by atoms with Crippen LogP contribution in [0.15, 0.2) is 41.3 Å². The molecule has 2 unspecified atom stereocenters. The number of thioether (sulfide) groups is 1. The Morgan fingerprint density at radius 3 is 2.68 bits per heavy atom. The molecule has 4 N–H and O–H groups in total. The predicted octanol–water partition coefficient (Wildman–Crippen LogP) is 1.63. The lowest BCUT2D eigenvalue weighted by atomic mass is 10.1. The first kappa shape index (κ1) is 26.1. The van der Waals surface area contributed by atoms with E-state index >= 15 is 0 Å². The number of benzene rings is 1. The second-order valence-electron chi connectivity index (χ2n) is 7.25. The number of nitrogens with one attached hydrogen (secondary N) is 1. The molecule has 0 bridgehead atoms. The Morgan fingerprint density at radius 1 is 1.38 bits per heavy atom. The summed E-state index contributed by atoms with van der Waals surface area (Å²) in [4.78, 5) is 27.4. The number of halogens is 2. The van der Waals surface area contributed by atoms with E-state index in [9.17, 15) is 28.0 Å². The smallest absolute Gasteiger partial charge is 0.459 e. The maximum absolute atomic E-state index is 14.8. The Morgan fingerprint density at radius 2 is 2.06 bits per heavy atom. The summed E-state index contributed by atoms with van der Waals surface area (Å²) in [6.07, 6.45) is -2.20. The number of alkyl halides is 1. The van der Waals surface area contributed by atoms with E-state index < -0.39 is 60.8 Å². The van der Waals surface area contributed by atoms with Crippen LogP contribution in [0.1, 0.15) is 12.3 Å². The van der Waals surface area contributed by atoms with E-state index in [2.05, 4.69) is 14.8 Å². The number of carbonyl (C=O) groups excluding carboxylic acids is 1. The number of rotatable bonds is 9. The van der Waals surface area contributed by atoms with E-state index in [1.54, 1.807) is 0 Å². The van der Waals surface area contributed by atoms with E-state index in [4.69, 9.17) is 14.8 Å². The highest BCUT2D eigenvalue weighted by atomic mass is 32.2. The molecule has 15 heteroatoms. The molecule has 11 nitrogen and oxygen atoms in total. The van der Waals surface area contributed by atoms with Gasteiger partial charge in [-0.3, -0.25) is 13.9 Å². The van der Waals surface area contributed by atoms with Crippen LogP contribution in [-0.2, 0) is 18.6 Å². The lowest BCUT2D eigenvalue weighted by Crippen LogP contribution is -2.36. The molecule has 1 fully saturated rings. The van der Waals surface area contributed by atoms with Crippen molar-refractivity contribution in [2.75, 3.05) is 19.5 Å². The van der Waals surface area contributed by atoms with Gasteiger partial charge in [-0.2, -0.15) is 10.1 Å². The number of aliphatic hydroxyl groups is 1. The van der Waals surface area contributed by atoms with Crippen LogP contribution in [0, 0.1) is 5.82 Å². The van der Waals surface area contributed by atoms with Crippen molar-refractivity contribution >= 4 is 31.3 Å². The van der Waals surface area contributed by atoms with Crippen molar-refractivity contribution in [1.82, 2.24) is 14.6 Å². The number of ether oxygens (including phenoxy) is 1. The number of methoxy groups -OCH3 is 1. The number of nitrogen functional groups attached to an aromatic ring is 1. The van der Waals surface area contributed by atoms with Gasteiger partial charge in [-0.25, -0.2) is 18.1 Å². The Bertz CT molecular complexity index is 1120. The van der Waals surface area contributed by atoms with Crippen LogP contribution in [0.2, 0.25) is 0 Å². The first-order valence-corrected chi connectivity index (χ1v) is 12.4. The van der Waals surface area contributed by atoms with Crippen LogP contribution >= 0.6 is 19.5 Å². The Hall–Kier alpha value is -2.51. The van der Waals surface area contributed by atoms with Crippen molar-refractivity contribution in [3.05, 3.63) is 52.8 Å². The highest BCUT2D eigenvalue weighted by molar-refractivity contribution is 8.00. The van der Waals surface area contributed by atoms with Gasteiger partial charge in [0.1, 0.15) is 34.9 Å². The van der Waals surface area contributed by atoms with Crippen molar-refractivity contribution in [1.29, 1.82) is 0 Å². The monoisotopic (exact) mass is 520 g/mol. The molecule has 0 radical (unpaired) electrons. The molecule has 0 aliphatic carbocycles. The van der Waals surface area contributed by atoms with Crippen LogP contribution in [-0.4, -0.2) is 57.9 Å². The van der Waals surface area contributed by atoms with E-state index in [1.807, 2.05) is 0 Å². The van der Waals surface area contributed by atoms with Crippen LogP contribution in [0.4, 0.5) is 14.6 Å². The van der Waals surface area contributed by atoms with Crippen molar-refractivity contribution in [3.8, 4) is 5.75 Å². The number of esters is 1. The topological polar surface area (TPSA) is 155 Å². The van der Waals surface area contributed by atoms with Gasteiger partial charge in [-0.05, 0) is 37.3 Å². The molecule has 1 aromatic heterocycles. The quantitative estimate of drug-likeness (QED) is 0.326. The fourth-order valence-corrected chi connectivity index (χ4v) is 6.08. The summed E-state index contributed by atoms with van der Waals surface area (Å²) < 4.78 is 57.7. The molecule has 2 heterocycles. The molecule has 2 aromatic rings. The van der Waals surface area contributed by atoms with Crippen LogP contribution in [0.5, 0.6) is 5.75 Å². The summed E-state index contributed by atoms with van der Waals surface area (Å²) in [6.45, 7) is 0.864. The maximum Gasteiger partial charge on any atom is 0.459 e. The van der Waals surface area contributed by atoms with Gasteiger partial charge in [0.25, 0.3) is 0 Å². The Kier molecular flexibility index (Phi) is 8.31.